The van der Waals surface area contributed by atoms with Gasteiger partial charge in [0.25, 0.3) is 0 Å². The SMILES string of the molecule is COC(=O)C(C)(C)CN[C@@H]1CCCC[C@@H]1S(C)(=O)=O. The number of carbonyl (C=O) groups is 1. The van der Waals surface area contributed by atoms with Crippen LogP contribution in [-0.4, -0.2) is 45.6 Å². The summed E-state index contributed by atoms with van der Waals surface area (Å²) in [6.45, 7) is 4.02. The lowest BCUT2D eigenvalue weighted by atomic mass is 9.90. The molecule has 0 heterocycles. The Kier molecular flexibility index (Phi) is 5.38. The standard InChI is InChI=1S/C13H25NO4S/c1-13(2,12(15)18-3)9-14-10-7-5-6-8-11(10)19(4,16)17/h10-11,14H,5-9H2,1-4H3/t10-,11+/m1/s1. The zero-order valence-electron chi connectivity index (χ0n) is 12.2. The average Bonchev–Trinajstić information content (AvgIpc) is 2.34. The number of sulfone groups is 1. The second kappa shape index (κ2) is 6.22. The highest BCUT2D eigenvalue weighted by Gasteiger charge is 2.35. The minimum Gasteiger partial charge on any atom is -0.469 e. The molecule has 19 heavy (non-hydrogen) atoms. The number of hydrogen-bond donors (Lipinski definition) is 1. The first-order valence-corrected chi connectivity index (χ1v) is 8.64. The predicted molar refractivity (Wildman–Crippen MR) is 74.7 cm³/mol. The van der Waals surface area contributed by atoms with E-state index < -0.39 is 15.3 Å². The normalized spacial score (nSPS) is 25.1. The van der Waals surface area contributed by atoms with Gasteiger partial charge in [-0.05, 0) is 26.7 Å². The molecule has 0 aliphatic heterocycles. The van der Waals surface area contributed by atoms with Crippen molar-refractivity contribution in [3.63, 3.8) is 0 Å². The van der Waals surface area contributed by atoms with Crippen molar-refractivity contribution in [3.8, 4) is 0 Å². The molecule has 0 saturated heterocycles. The molecule has 1 aliphatic carbocycles. The number of rotatable bonds is 5. The molecule has 0 aromatic rings. The highest BCUT2D eigenvalue weighted by Crippen LogP contribution is 2.25. The van der Waals surface area contributed by atoms with Gasteiger partial charge in [0, 0.05) is 18.8 Å². The molecule has 112 valence electrons. The van der Waals surface area contributed by atoms with Crippen LogP contribution in [0.1, 0.15) is 39.5 Å². The highest BCUT2D eigenvalue weighted by atomic mass is 32.2. The van der Waals surface area contributed by atoms with Gasteiger partial charge in [0.2, 0.25) is 0 Å². The Morgan fingerprint density at radius 2 is 1.89 bits per heavy atom. The van der Waals surface area contributed by atoms with E-state index in [0.29, 0.717) is 13.0 Å². The van der Waals surface area contributed by atoms with Crippen molar-refractivity contribution in [1.29, 1.82) is 0 Å². The summed E-state index contributed by atoms with van der Waals surface area (Å²) in [7, 11) is -1.68. The first-order valence-electron chi connectivity index (χ1n) is 6.69. The van der Waals surface area contributed by atoms with E-state index in [9.17, 15) is 13.2 Å². The third-order valence-electron chi connectivity index (χ3n) is 3.80. The van der Waals surface area contributed by atoms with E-state index in [2.05, 4.69) is 5.32 Å². The lowest BCUT2D eigenvalue weighted by Gasteiger charge is -2.33. The summed E-state index contributed by atoms with van der Waals surface area (Å²) in [5, 5.41) is 2.92. The van der Waals surface area contributed by atoms with E-state index in [0.717, 1.165) is 19.3 Å². The monoisotopic (exact) mass is 291 g/mol. The Labute approximate surface area is 116 Å². The van der Waals surface area contributed by atoms with Crippen LogP contribution in [0.25, 0.3) is 0 Å². The molecular weight excluding hydrogens is 266 g/mol. The maximum absolute atomic E-state index is 11.8. The summed E-state index contributed by atoms with van der Waals surface area (Å²) < 4.78 is 28.3. The molecule has 1 saturated carbocycles. The van der Waals surface area contributed by atoms with E-state index in [-0.39, 0.29) is 17.3 Å². The van der Waals surface area contributed by atoms with Gasteiger partial charge in [-0.3, -0.25) is 4.79 Å². The van der Waals surface area contributed by atoms with Crippen molar-refractivity contribution < 1.29 is 17.9 Å². The molecule has 0 bridgehead atoms. The Hall–Kier alpha value is -0.620. The van der Waals surface area contributed by atoms with E-state index in [4.69, 9.17) is 4.74 Å². The number of hydrogen-bond acceptors (Lipinski definition) is 5. The van der Waals surface area contributed by atoms with Crippen molar-refractivity contribution in [3.05, 3.63) is 0 Å². The second-order valence-corrected chi connectivity index (χ2v) is 8.28. The van der Waals surface area contributed by atoms with Crippen molar-refractivity contribution in [1.82, 2.24) is 5.32 Å². The minimum atomic E-state index is -3.05. The van der Waals surface area contributed by atoms with Crippen LogP contribution in [0.15, 0.2) is 0 Å². The van der Waals surface area contributed by atoms with Crippen LogP contribution in [0.5, 0.6) is 0 Å². The Balaban J connectivity index is 2.67. The number of esters is 1. The Morgan fingerprint density at radius 1 is 1.32 bits per heavy atom. The molecule has 0 amide bonds. The van der Waals surface area contributed by atoms with Gasteiger partial charge < -0.3 is 10.1 Å². The summed E-state index contributed by atoms with van der Waals surface area (Å²) in [4.78, 5) is 11.6. The van der Waals surface area contributed by atoms with Crippen molar-refractivity contribution in [2.45, 2.75) is 50.8 Å². The molecule has 0 aromatic heterocycles. The lowest BCUT2D eigenvalue weighted by Crippen LogP contribution is -2.50. The first kappa shape index (κ1) is 16.4. The summed E-state index contributed by atoms with van der Waals surface area (Å²) in [5.74, 6) is -0.285. The van der Waals surface area contributed by atoms with Crippen molar-refractivity contribution >= 4 is 15.8 Å². The first-order chi connectivity index (χ1) is 8.68. The minimum absolute atomic E-state index is 0.0623. The Bertz CT molecular complexity index is 416. The topological polar surface area (TPSA) is 72.5 Å². The number of ether oxygens (including phenoxy) is 1. The Morgan fingerprint density at radius 3 is 2.42 bits per heavy atom. The fourth-order valence-electron chi connectivity index (χ4n) is 2.58. The summed E-state index contributed by atoms with van der Waals surface area (Å²) in [6.07, 6.45) is 4.83. The molecule has 0 spiro atoms. The average molecular weight is 291 g/mol. The summed E-state index contributed by atoms with van der Waals surface area (Å²) >= 11 is 0. The zero-order chi connectivity index (χ0) is 14.7. The molecule has 1 fully saturated rings. The van der Waals surface area contributed by atoms with Gasteiger partial charge in [-0.2, -0.15) is 0 Å². The highest BCUT2D eigenvalue weighted by molar-refractivity contribution is 7.91. The molecule has 1 aliphatic rings. The summed E-state index contributed by atoms with van der Waals surface area (Å²) in [6, 6.07) is -0.0623. The second-order valence-electron chi connectivity index (χ2n) is 6.02. The number of nitrogens with one attached hydrogen (secondary N) is 1. The van der Waals surface area contributed by atoms with E-state index in [1.54, 1.807) is 13.8 Å². The van der Waals surface area contributed by atoms with Gasteiger partial charge >= 0.3 is 5.97 Å². The third kappa shape index (κ3) is 4.45. The quantitative estimate of drug-likeness (QED) is 0.769. The molecule has 2 atom stereocenters. The van der Waals surface area contributed by atoms with Gasteiger partial charge in [-0.15, -0.1) is 0 Å². The van der Waals surface area contributed by atoms with Gasteiger partial charge in [0.1, 0.15) is 0 Å². The maximum atomic E-state index is 11.8. The molecule has 0 radical (unpaired) electrons. The molecule has 0 aromatic carbocycles. The molecule has 1 N–H and O–H groups in total. The largest absolute Gasteiger partial charge is 0.469 e. The number of carbonyl (C=O) groups excluding carboxylic acids is 1. The van der Waals surface area contributed by atoms with Gasteiger partial charge in [0.15, 0.2) is 9.84 Å². The molecule has 0 unspecified atom stereocenters. The van der Waals surface area contributed by atoms with Crippen LogP contribution >= 0.6 is 0 Å². The zero-order valence-corrected chi connectivity index (χ0v) is 13.0. The molecule has 5 nitrogen and oxygen atoms in total. The molecule has 6 heteroatoms. The van der Waals surface area contributed by atoms with Crippen LogP contribution < -0.4 is 5.32 Å². The van der Waals surface area contributed by atoms with Crippen LogP contribution in [0.2, 0.25) is 0 Å². The molecule has 1 rings (SSSR count). The fraction of sp³-hybridized carbons (Fsp3) is 0.923. The smallest absolute Gasteiger partial charge is 0.312 e. The van der Waals surface area contributed by atoms with Crippen LogP contribution in [0.3, 0.4) is 0 Å². The fourth-order valence-corrected chi connectivity index (χ4v) is 4.00. The van der Waals surface area contributed by atoms with Crippen LogP contribution in [-0.2, 0) is 19.4 Å². The van der Waals surface area contributed by atoms with E-state index in [1.165, 1.54) is 13.4 Å². The van der Waals surface area contributed by atoms with E-state index in [1.807, 2.05) is 0 Å². The van der Waals surface area contributed by atoms with Gasteiger partial charge in [-0.25, -0.2) is 8.42 Å². The predicted octanol–water partition coefficient (Wildman–Crippen LogP) is 1.13. The van der Waals surface area contributed by atoms with Crippen molar-refractivity contribution in [2.24, 2.45) is 5.41 Å². The maximum Gasteiger partial charge on any atom is 0.312 e. The summed E-state index contributed by atoms with van der Waals surface area (Å²) in [5.41, 5.74) is -0.645. The van der Waals surface area contributed by atoms with E-state index >= 15 is 0 Å². The third-order valence-corrected chi connectivity index (χ3v) is 5.46. The van der Waals surface area contributed by atoms with Crippen LogP contribution in [0.4, 0.5) is 0 Å². The molecular formula is C13H25NO4S. The lowest BCUT2D eigenvalue weighted by molar-refractivity contribution is -0.150. The van der Waals surface area contributed by atoms with Gasteiger partial charge in [-0.1, -0.05) is 12.8 Å². The van der Waals surface area contributed by atoms with Gasteiger partial charge in [0.05, 0.1) is 17.8 Å². The van der Waals surface area contributed by atoms with Crippen LogP contribution in [0, 0.1) is 5.41 Å². The number of methoxy groups -OCH3 is 1. The van der Waals surface area contributed by atoms with Crippen molar-refractivity contribution in [2.75, 3.05) is 19.9 Å².